The van der Waals surface area contributed by atoms with Crippen LogP contribution in [0.2, 0.25) is 10.0 Å². The van der Waals surface area contributed by atoms with E-state index in [0.29, 0.717) is 27.4 Å². The molecule has 2 aromatic carbocycles. The molecule has 0 fully saturated rings. The van der Waals surface area contributed by atoms with Crippen molar-refractivity contribution in [2.75, 3.05) is 10.6 Å². The standard InChI is InChI=1S/C17H13Cl2FN4S/c18-12-3-6-16(15(19)7-12)23-17(25)22-14-8-21-24(10-14)9-11-1-4-13(20)5-2-11/h1-8,10H,9H2,(H2,22,23,25). The molecule has 3 rings (SSSR count). The molecule has 0 aliphatic carbocycles. The zero-order valence-corrected chi connectivity index (χ0v) is 15.2. The quantitative estimate of drug-likeness (QED) is 0.597. The molecule has 128 valence electrons. The molecular formula is C17H13Cl2FN4S. The summed E-state index contributed by atoms with van der Waals surface area (Å²) < 4.78 is 14.7. The van der Waals surface area contributed by atoms with Crippen LogP contribution in [0.5, 0.6) is 0 Å². The second-order valence-corrected chi connectivity index (χ2v) is 6.51. The molecule has 0 atom stereocenters. The van der Waals surface area contributed by atoms with Gasteiger partial charge in [-0.3, -0.25) is 4.68 Å². The number of benzene rings is 2. The van der Waals surface area contributed by atoms with Gasteiger partial charge in [-0.1, -0.05) is 35.3 Å². The highest BCUT2D eigenvalue weighted by Gasteiger charge is 2.06. The first kappa shape index (κ1) is 17.7. The average Bonchev–Trinajstić information content (AvgIpc) is 2.99. The van der Waals surface area contributed by atoms with Crippen LogP contribution in [0.1, 0.15) is 5.56 Å². The largest absolute Gasteiger partial charge is 0.331 e. The highest BCUT2D eigenvalue weighted by Crippen LogP contribution is 2.25. The predicted molar refractivity (Wildman–Crippen MR) is 104 cm³/mol. The fourth-order valence-corrected chi connectivity index (χ4v) is 2.85. The van der Waals surface area contributed by atoms with Gasteiger partial charge in [-0.25, -0.2) is 4.39 Å². The van der Waals surface area contributed by atoms with Crippen LogP contribution in [-0.4, -0.2) is 14.9 Å². The van der Waals surface area contributed by atoms with Gasteiger partial charge >= 0.3 is 0 Å². The Bertz CT molecular complexity index is 896. The van der Waals surface area contributed by atoms with Gasteiger partial charge in [0, 0.05) is 11.2 Å². The average molecular weight is 395 g/mol. The van der Waals surface area contributed by atoms with Crippen molar-refractivity contribution in [1.29, 1.82) is 0 Å². The van der Waals surface area contributed by atoms with E-state index in [-0.39, 0.29) is 5.82 Å². The van der Waals surface area contributed by atoms with Gasteiger partial charge in [0.15, 0.2) is 5.11 Å². The summed E-state index contributed by atoms with van der Waals surface area (Å²) >= 11 is 17.2. The minimum atomic E-state index is -0.260. The van der Waals surface area contributed by atoms with Gasteiger partial charge in [-0.15, -0.1) is 0 Å². The highest BCUT2D eigenvalue weighted by atomic mass is 35.5. The van der Waals surface area contributed by atoms with E-state index in [9.17, 15) is 4.39 Å². The highest BCUT2D eigenvalue weighted by molar-refractivity contribution is 7.80. The normalized spacial score (nSPS) is 10.5. The molecule has 1 aromatic heterocycles. The van der Waals surface area contributed by atoms with Crippen molar-refractivity contribution < 1.29 is 4.39 Å². The molecule has 25 heavy (non-hydrogen) atoms. The zero-order chi connectivity index (χ0) is 17.8. The second-order valence-electron chi connectivity index (χ2n) is 5.26. The molecule has 0 saturated carbocycles. The maximum Gasteiger partial charge on any atom is 0.175 e. The predicted octanol–water partition coefficient (Wildman–Crippen LogP) is 5.19. The molecule has 4 nitrogen and oxygen atoms in total. The first-order valence-electron chi connectivity index (χ1n) is 7.29. The van der Waals surface area contributed by atoms with E-state index in [4.69, 9.17) is 35.4 Å². The third-order valence-electron chi connectivity index (χ3n) is 3.33. The summed E-state index contributed by atoms with van der Waals surface area (Å²) in [6, 6.07) is 11.4. The fourth-order valence-electron chi connectivity index (χ4n) is 2.17. The van der Waals surface area contributed by atoms with Crippen LogP contribution in [0.3, 0.4) is 0 Å². The maximum atomic E-state index is 12.9. The molecule has 0 saturated heterocycles. The lowest BCUT2D eigenvalue weighted by Gasteiger charge is -2.10. The Kier molecular flexibility index (Phi) is 5.53. The molecule has 2 N–H and O–H groups in total. The number of nitrogens with zero attached hydrogens (tertiary/aromatic N) is 2. The van der Waals surface area contributed by atoms with E-state index in [1.807, 2.05) is 0 Å². The fraction of sp³-hybridized carbons (Fsp3) is 0.0588. The number of halogens is 3. The van der Waals surface area contributed by atoms with E-state index in [1.165, 1.54) is 12.1 Å². The smallest absolute Gasteiger partial charge is 0.175 e. The summed E-state index contributed by atoms with van der Waals surface area (Å²) in [6.45, 7) is 0.533. The number of aromatic nitrogens is 2. The summed E-state index contributed by atoms with van der Waals surface area (Å²) in [7, 11) is 0. The molecule has 0 unspecified atom stereocenters. The third-order valence-corrected chi connectivity index (χ3v) is 4.08. The van der Waals surface area contributed by atoms with Gasteiger partial charge in [-0.2, -0.15) is 5.10 Å². The monoisotopic (exact) mass is 394 g/mol. The lowest BCUT2D eigenvalue weighted by atomic mass is 10.2. The molecule has 0 spiro atoms. The van der Waals surface area contributed by atoms with Crippen LogP contribution in [-0.2, 0) is 6.54 Å². The van der Waals surface area contributed by atoms with Crippen LogP contribution in [0, 0.1) is 5.82 Å². The molecule has 1 heterocycles. The van der Waals surface area contributed by atoms with Crippen molar-refractivity contribution in [2.45, 2.75) is 6.54 Å². The number of nitrogens with one attached hydrogen (secondary N) is 2. The van der Waals surface area contributed by atoms with E-state index in [1.54, 1.807) is 47.4 Å². The Hall–Kier alpha value is -2.15. The van der Waals surface area contributed by atoms with Crippen molar-refractivity contribution in [3.05, 3.63) is 76.3 Å². The van der Waals surface area contributed by atoms with Crippen LogP contribution in [0.15, 0.2) is 54.9 Å². The molecule has 3 aromatic rings. The van der Waals surface area contributed by atoms with E-state index >= 15 is 0 Å². The number of hydrogen-bond acceptors (Lipinski definition) is 2. The maximum absolute atomic E-state index is 12.9. The summed E-state index contributed by atoms with van der Waals surface area (Å²) in [4.78, 5) is 0. The van der Waals surface area contributed by atoms with Gasteiger partial charge in [0.1, 0.15) is 5.82 Å². The minimum absolute atomic E-state index is 0.260. The lowest BCUT2D eigenvalue weighted by molar-refractivity contribution is 0.624. The summed E-state index contributed by atoms with van der Waals surface area (Å²) in [5, 5.41) is 11.7. The van der Waals surface area contributed by atoms with Crippen molar-refractivity contribution in [3.63, 3.8) is 0 Å². The Morgan fingerprint density at radius 1 is 1.12 bits per heavy atom. The van der Waals surface area contributed by atoms with E-state index in [0.717, 1.165) is 11.3 Å². The number of thiocarbonyl (C=S) groups is 1. The number of rotatable bonds is 4. The first-order valence-corrected chi connectivity index (χ1v) is 8.46. The second kappa shape index (κ2) is 7.82. The number of hydrogen-bond donors (Lipinski definition) is 2. The molecule has 0 aliphatic heterocycles. The van der Waals surface area contributed by atoms with Gasteiger partial charge in [0.05, 0.1) is 29.1 Å². The minimum Gasteiger partial charge on any atom is -0.331 e. The van der Waals surface area contributed by atoms with E-state index in [2.05, 4.69) is 15.7 Å². The Morgan fingerprint density at radius 3 is 2.60 bits per heavy atom. The Labute approximate surface area is 159 Å². The molecule has 0 bridgehead atoms. The molecule has 0 amide bonds. The van der Waals surface area contributed by atoms with Gasteiger partial charge in [-0.05, 0) is 48.1 Å². The molecular weight excluding hydrogens is 382 g/mol. The lowest BCUT2D eigenvalue weighted by Crippen LogP contribution is -2.19. The van der Waals surface area contributed by atoms with Crippen LogP contribution >= 0.6 is 35.4 Å². The van der Waals surface area contributed by atoms with Gasteiger partial charge in [0.2, 0.25) is 0 Å². The van der Waals surface area contributed by atoms with Crippen LogP contribution in [0.4, 0.5) is 15.8 Å². The van der Waals surface area contributed by atoms with Crippen molar-refractivity contribution in [3.8, 4) is 0 Å². The SMILES string of the molecule is Fc1ccc(Cn2cc(NC(=S)Nc3ccc(Cl)cc3Cl)cn2)cc1. The topological polar surface area (TPSA) is 41.9 Å². The van der Waals surface area contributed by atoms with Crippen molar-refractivity contribution in [2.24, 2.45) is 0 Å². The molecule has 0 aliphatic rings. The van der Waals surface area contributed by atoms with Crippen molar-refractivity contribution in [1.82, 2.24) is 9.78 Å². The summed E-state index contributed by atoms with van der Waals surface area (Å²) in [5.74, 6) is -0.260. The third kappa shape index (κ3) is 4.92. The number of anilines is 2. The van der Waals surface area contributed by atoms with Crippen LogP contribution < -0.4 is 10.6 Å². The Balaban J connectivity index is 1.60. The first-order chi connectivity index (χ1) is 12.0. The Morgan fingerprint density at radius 2 is 1.88 bits per heavy atom. The van der Waals surface area contributed by atoms with Gasteiger partial charge < -0.3 is 10.6 Å². The van der Waals surface area contributed by atoms with Crippen LogP contribution in [0.25, 0.3) is 0 Å². The zero-order valence-electron chi connectivity index (χ0n) is 12.8. The van der Waals surface area contributed by atoms with Crippen molar-refractivity contribution >= 4 is 51.9 Å². The van der Waals surface area contributed by atoms with Gasteiger partial charge in [0.25, 0.3) is 0 Å². The summed E-state index contributed by atoms with van der Waals surface area (Å²) in [5.41, 5.74) is 2.33. The molecule has 8 heteroatoms. The summed E-state index contributed by atoms with van der Waals surface area (Å²) in [6.07, 6.45) is 3.46. The van der Waals surface area contributed by atoms with E-state index < -0.39 is 0 Å². The molecule has 0 radical (unpaired) electrons.